The molecular weight excluding hydrogens is 272 g/mol. The Morgan fingerprint density at radius 2 is 2.05 bits per heavy atom. The van der Waals surface area contributed by atoms with E-state index >= 15 is 0 Å². The van der Waals surface area contributed by atoms with E-state index in [0.29, 0.717) is 19.0 Å². The molecule has 6 nitrogen and oxygen atoms in total. The first-order chi connectivity index (χ1) is 9.77. The van der Waals surface area contributed by atoms with Gasteiger partial charge in [0.2, 0.25) is 0 Å². The summed E-state index contributed by atoms with van der Waals surface area (Å²) in [7, 11) is 3.21. The SMILES string of the molecule is COCC(CNc1cc(C(=O)O)cc(C(C)(C)C)n1)OC. The molecule has 1 rings (SSSR count). The van der Waals surface area contributed by atoms with Gasteiger partial charge in [-0.1, -0.05) is 20.8 Å². The van der Waals surface area contributed by atoms with Crippen LogP contribution in [-0.4, -0.2) is 49.5 Å². The normalized spacial score (nSPS) is 13.0. The summed E-state index contributed by atoms with van der Waals surface area (Å²) < 4.78 is 10.3. The molecule has 0 aliphatic carbocycles. The number of nitrogens with one attached hydrogen (secondary N) is 1. The predicted octanol–water partition coefficient (Wildman–Crippen LogP) is 2.15. The van der Waals surface area contributed by atoms with Crippen LogP contribution in [0.5, 0.6) is 0 Å². The largest absolute Gasteiger partial charge is 0.478 e. The fourth-order valence-electron chi connectivity index (χ4n) is 1.74. The van der Waals surface area contributed by atoms with Crippen molar-refractivity contribution in [2.45, 2.75) is 32.3 Å². The number of carboxylic acid groups (broad SMARTS) is 1. The van der Waals surface area contributed by atoms with Crippen molar-refractivity contribution < 1.29 is 19.4 Å². The first-order valence-corrected chi connectivity index (χ1v) is 6.79. The van der Waals surface area contributed by atoms with Gasteiger partial charge in [-0.3, -0.25) is 0 Å². The highest BCUT2D eigenvalue weighted by Crippen LogP contribution is 2.23. The molecule has 0 saturated carbocycles. The highest BCUT2D eigenvalue weighted by Gasteiger charge is 2.19. The van der Waals surface area contributed by atoms with Gasteiger partial charge in [-0.2, -0.15) is 0 Å². The number of anilines is 1. The molecule has 0 aliphatic heterocycles. The molecule has 0 aromatic carbocycles. The van der Waals surface area contributed by atoms with Crippen LogP contribution in [-0.2, 0) is 14.9 Å². The quantitative estimate of drug-likeness (QED) is 0.802. The maximum absolute atomic E-state index is 11.2. The summed E-state index contributed by atoms with van der Waals surface area (Å²) in [6.07, 6.45) is -0.122. The van der Waals surface area contributed by atoms with Gasteiger partial charge in [0.1, 0.15) is 5.82 Å². The van der Waals surface area contributed by atoms with Crippen molar-refractivity contribution in [2.24, 2.45) is 0 Å². The second-order valence-electron chi connectivity index (χ2n) is 5.88. The number of nitrogens with zero attached hydrogens (tertiary/aromatic N) is 1. The molecular formula is C15H24N2O4. The topological polar surface area (TPSA) is 80.7 Å². The average molecular weight is 296 g/mol. The van der Waals surface area contributed by atoms with Gasteiger partial charge in [0, 0.05) is 31.9 Å². The van der Waals surface area contributed by atoms with Gasteiger partial charge in [0.15, 0.2) is 0 Å². The van der Waals surface area contributed by atoms with Crippen LogP contribution in [0.1, 0.15) is 36.8 Å². The standard InChI is InChI=1S/C15H24N2O4/c1-15(2,3)12-6-10(14(18)19)7-13(17-12)16-8-11(21-5)9-20-4/h6-7,11H,8-9H2,1-5H3,(H,16,17)(H,18,19). The molecule has 0 saturated heterocycles. The van der Waals surface area contributed by atoms with Gasteiger partial charge >= 0.3 is 5.97 Å². The van der Waals surface area contributed by atoms with Gasteiger partial charge in [-0.25, -0.2) is 9.78 Å². The summed E-state index contributed by atoms with van der Waals surface area (Å²) in [4.78, 5) is 15.7. The zero-order valence-corrected chi connectivity index (χ0v) is 13.3. The number of carboxylic acids is 1. The molecule has 21 heavy (non-hydrogen) atoms. The number of carbonyl (C=O) groups is 1. The number of ether oxygens (including phenoxy) is 2. The minimum atomic E-state index is -0.967. The number of hydrogen-bond acceptors (Lipinski definition) is 5. The predicted molar refractivity (Wildman–Crippen MR) is 81.1 cm³/mol. The molecule has 118 valence electrons. The number of hydrogen-bond donors (Lipinski definition) is 2. The van der Waals surface area contributed by atoms with Gasteiger partial charge in [0.25, 0.3) is 0 Å². The van der Waals surface area contributed by atoms with Crippen LogP contribution in [0.3, 0.4) is 0 Å². The fraction of sp³-hybridized carbons (Fsp3) is 0.600. The zero-order chi connectivity index (χ0) is 16.0. The second-order valence-corrected chi connectivity index (χ2v) is 5.88. The third kappa shape index (κ3) is 5.32. The first-order valence-electron chi connectivity index (χ1n) is 6.79. The van der Waals surface area contributed by atoms with E-state index in [-0.39, 0.29) is 17.1 Å². The van der Waals surface area contributed by atoms with Crippen LogP contribution in [0.4, 0.5) is 5.82 Å². The highest BCUT2D eigenvalue weighted by molar-refractivity contribution is 5.88. The molecule has 1 aromatic rings. The van der Waals surface area contributed by atoms with Crippen LogP contribution in [0.2, 0.25) is 0 Å². The lowest BCUT2D eigenvalue weighted by Crippen LogP contribution is -2.27. The van der Waals surface area contributed by atoms with Crippen molar-refractivity contribution in [1.29, 1.82) is 0 Å². The molecule has 2 N–H and O–H groups in total. The Kier molecular flexibility index (Phi) is 6.11. The third-order valence-corrected chi connectivity index (χ3v) is 3.04. The summed E-state index contributed by atoms with van der Waals surface area (Å²) in [6, 6.07) is 3.13. The zero-order valence-electron chi connectivity index (χ0n) is 13.3. The van der Waals surface area contributed by atoms with E-state index in [1.54, 1.807) is 20.3 Å². The number of pyridine rings is 1. The molecule has 1 heterocycles. The van der Waals surface area contributed by atoms with E-state index < -0.39 is 5.97 Å². The number of aromatic carboxylic acids is 1. The van der Waals surface area contributed by atoms with Crippen molar-refractivity contribution in [3.8, 4) is 0 Å². The molecule has 0 amide bonds. The smallest absolute Gasteiger partial charge is 0.335 e. The molecule has 0 bridgehead atoms. The Morgan fingerprint density at radius 1 is 1.38 bits per heavy atom. The van der Waals surface area contributed by atoms with E-state index in [1.165, 1.54) is 6.07 Å². The number of methoxy groups -OCH3 is 2. The van der Waals surface area contributed by atoms with Crippen LogP contribution < -0.4 is 5.32 Å². The Morgan fingerprint density at radius 3 is 2.52 bits per heavy atom. The summed E-state index contributed by atoms with van der Waals surface area (Å²) in [5.41, 5.74) is 0.721. The van der Waals surface area contributed by atoms with Crippen molar-refractivity contribution in [3.63, 3.8) is 0 Å². The molecule has 1 unspecified atom stereocenters. The molecule has 0 spiro atoms. The first kappa shape index (κ1) is 17.4. The minimum absolute atomic E-state index is 0.122. The Hall–Kier alpha value is -1.66. The molecule has 1 atom stereocenters. The monoisotopic (exact) mass is 296 g/mol. The van der Waals surface area contributed by atoms with Gasteiger partial charge < -0.3 is 19.9 Å². The maximum Gasteiger partial charge on any atom is 0.335 e. The number of rotatable bonds is 7. The van der Waals surface area contributed by atoms with Crippen molar-refractivity contribution >= 4 is 11.8 Å². The Balaban J connectivity index is 2.95. The van der Waals surface area contributed by atoms with E-state index in [0.717, 1.165) is 5.69 Å². The second kappa shape index (κ2) is 7.38. The summed E-state index contributed by atoms with van der Waals surface area (Å²) in [6.45, 7) is 6.92. The lowest BCUT2D eigenvalue weighted by molar-refractivity contribution is 0.0365. The van der Waals surface area contributed by atoms with Crippen LogP contribution in [0.25, 0.3) is 0 Å². The molecule has 6 heteroatoms. The van der Waals surface area contributed by atoms with Crippen molar-refractivity contribution in [1.82, 2.24) is 4.98 Å². The molecule has 0 radical (unpaired) electrons. The average Bonchev–Trinajstić information content (AvgIpc) is 2.42. The summed E-state index contributed by atoms with van der Waals surface area (Å²) >= 11 is 0. The lowest BCUT2D eigenvalue weighted by atomic mass is 9.91. The highest BCUT2D eigenvalue weighted by atomic mass is 16.5. The Bertz CT molecular complexity index is 483. The van der Waals surface area contributed by atoms with E-state index in [1.807, 2.05) is 20.8 Å². The van der Waals surface area contributed by atoms with E-state index in [4.69, 9.17) is 9.47 Å². The van der Waals surface area contributed by atoms with Crippen molar-refractivity contribution in [3.05, 3.63) is 23.4 Å². The van der Waals surface area contributed by atoms with Gasteiger partial charge in [0.05, 0.1) is 18.3 Å². The summed E-state index contributed by atoms with van der Waals surface area (Å²) in [5, 5.41) is 12.3. The van der Waals surface area contributed by atoms with E-state index in [2.05, 4.69) is 10.3 Å². The van der Waals surface area contributed by atoms with Gasteiger partial charge in [-0.15, -0.1) is 0 Å². The third-order valence-electron chi connectivity index (χ3n) is 3.04. The molecule has 0 fully saturated rings. The van der Waals surface area contributed by atoms with Crippen molar-refractivity contribution in [2.75, 3.05) is 32.7 Å². The minimum Gasteiger partial charge on any atom is -0.478 e. The lowest BCUT2D eigenvalue weighted by Gasteiger charge is -2.20. The molecule has 0 aliphatic rings. The number of aromatic nitrogens is 1. The van der Waals surface area contributed by atoms with Crippen LogP contribution in [0, 0.1) is 0 Å². The fourth-order valence-corrected chi connectivity index (χ4v) is 1.74. The maximum atomic E-state index is 11.2. The van der Waals surface area contributed by atoms with Gasteiger partial charge in [-0.05, 0) is 12.1 Å². The van der Waals surface area contributed by atoms with Crippen LogP contribution >= 0.6 is 0 Å². The summed E-state index contributed by atoms with van der Waals surface area (Å²) in [5.74, 6) is -0.441. The van der Waals surface area contributed by atoms with Crippen LogP contribution in [0.15, 0.2) is 12.1 Å². The van der Waals surface area contributed by atoms with E-state index in [9.17, 15) is 9.90 Å². The molecule has 1 aromatic heterocycles. The Labute approximate surface area is 125 Å².